The molecule has 0 heterocycles. The Bertz CT molecular complexity index is 733. The van der Waals surface area contributed by atoms with E-state index in [0.29, 0.717) is 23.8 Å². The molecule has 2 rings (SSSR count). The molecule has 2 aromatic rings. The lowest BCUT2D eigenvalue weighted by Crippen LogP contribution is -2.37. The highest BCUT2D eigenvalue weighted by atomic mass is 16.5. The molecule has 6 heteroatoms. The molecule has 0 atom stereocenters. The van der Waals surface area contributed by atoms with Crippen LogP contribution in [0, 0.1) is 6.92 Å². The minimum Gasteiger partial charge on any atom is -0.493 e. The van der Waals surface area contributed by atoms with E-state index < -0.39 is 0 Å². The van der Waals surface area contributed by atoms with Crippen LogP contribution in [0.15, 0.2) is 41.4 Å². The molecular formula is C21H29N3O3. The molecule has 0 aliphatic heterocycles. The van der Waals surface area contributed by atoms with Crippen LogP contribution in [-0.4, -0.2) is 40.9 Å². The predicted molar refractivity (Wildman–Crippen MR) is 109 cm³/mol. The summed E-state index contributed by atoms with van der Waals surface area (Å²) in [6.07, 6.45) is 0.936. The molecule has 0 amide bonds. The number of aryl methyl sites for hydroxylation is 1. The lowest BCUT2D eigenvalue weighted by molar-refractivity contribution is 0.323. The topological polar surface area (TPSA) is 64.1 Å². The van der Waals surface area contributed by atoms with E-state index in [2.05, 4.69) is 46.8 Å². The van der Waals surface area contributed by atoms with Crippen molar-refractivity contribution in [2.24, 2.45) is 4.99 Å². The molecule has 2 N–H and O–H groups in total. The Balaban J connectivity index is 1.92. The van der Waals surface area contributed by atoms with Crippen LogP contribution in [0.2, 0.25) is 0 Å². The van der Waals surface area contributed by atoms with Crippen molar-refractivity contribution < 1.29 is 14.2 Å². The van der Waals surface area contributed by atoms with E-state index in [1.807, 2.05) is 12.1 Å². The van der Waals surface area contributed by atoms with Gasteiger partial charge in [0.15, 0.2) is 17.5 Å². The molecule has 0 radical (unpaired) electrons. The molecular weight excluding hydrogens is 342 g/mol. The second kappa shape index (κ2) is 10.3. The van der Waals surface area contributed by atoms with Crippen LogP contribution in [0.25, 0.3) is 0 Å². The van der Waals surface area contributed by atoms with Crippen molar-refractivity contribution >= 4 is 5.96 Å². The van der Waals surface area contributed by atoms with Crippen molar-refractivity contribution in [1.82, 2.24) is 10.6 Å². The van der Waals surface area contributed by atoms with E-state index in [0.717, 1.165) is 24.5 Å². The Morgan fingerprint density at radius 3 is 2.04 bits per heavy atom. The zero-order chi connectivity index (χ0) is 19.6. The summed E-state index contributed by atoms with van der Waals surface area (Å²) >= 11 is 0. The van der Waals surface area contributed by atoms with E-state index in [-0.39, 0.29) is 0 Å². The van der Waals surface area contributed by atoms with Crippen LogP contribution in [0.4, 0.5) is 0 Å². The van der Waals surface area contributed by atoms with Crippen molar-refractivity contribution in [2.75, 3.05) is 34.9 Å². The predicted octanol–water partition coefficient (Wildman–Crippen LogP) is 2.93. The van der Waals surface area contributed by atoms with Gasteiger partial charge in [0.05, 0.1) is 21.3 Å². The number of methoxy groups -OCH3 is 3. The highest BCUT2D eigenvalue weighted by Gasteiger charge is 2.13. The van der Waals surface area contributed by atoms with Gasteiger partial charge in [-0.25, -0.2) is 0 Å². The third kappa shape index (κ3) is 5.81. The third-order valence-electron chi connectivity index (χ3n) is 4.23. The fourth-order valence-corrected chi connectivity index (χ4v) is 2.72. The molecule has 0 saturated carbocycles. The molecule has 0 fully saturated rings. The summed E-state index contributed by atoms with van der Waals surface area (Å²) in [5, 5.41) is 6.64. The molecule has 0 unspecified atom stereocenters. The van der Waals surface area contributed by atoms with Crippen LogP contribution in [0.5, 0.6) is 17.2 Å². The van der Waals surface area contributed by atoms with Crippen LogP contribution >= 0.6 is 0 Å². The quantitative estimate of drug-likeness (QED) is 0.552. The lowest BCUT2D eigenvalue weighted by atomic mass is 10.1. The van der Waals surface area contributed by atoms with Crippen molar-refractivity contribution in [1.29, 1.82) is 0 Å². The molecule has 0 spiro atoms. The van der Waals surface area contributed by atoms with Gasteiger partial charge in [-0.3, -0.25) is 4.99 Å². The first-order chi connectivity index (χ1) is 13.1. The number of rotatable bonds is 8. The number of nitrogens with one attached hydrogen (secondary N) is 2. The maximum atomic E-state index is 5.40. The Kier molecular flexibility index (Phi) is 7.79. The third-order valence-corrected chi connectivity index (χ3v) is 4.23. The van der Waals surface area contributed by atoms with Crippen molar-refractivity contribution in [3.05, 3.63) is 53.1 Å². The van der Waals surface area contributed by atoms with Gasteiger partial charge in [0, 0.05) is 20.1 Å². The van der Waals surface area contributed by atoms with Crippen LogP contribution in [0.1, 0.15) is 16.7 Å². The second-order valence-corrected chi connectivity index (χ2v) is 6.12. The molecule has 6 nitrogen and oxygen atoms in total. The van der Waals surface area contributed by atoms with Crippen LogP contribution in [0.3, 0.4) is 0 Å². The number of nitrogens with zero attached hydrogens (tertiary/aromatic N) is 1. The number of benzene rings is 2. The van der Waals surface area contributed by atoms with Gasteiger partial charge in [-0.15, -0.1) is 0 Å². The zero-order valence-electron chi connectivity index (χ0n) is 16.8. The van der Waals surface area contributed by atoms with Gasteiger partial charge in [-0.2, -0.15) is 0 Å². The van der Waals surface area contributed by atoms with Crippen molar-refractivity contribution in [3.63, 3.8) is 0 Å². The number of ether oxygens (including phenoxy) is 3. The fourth-order valence-electron chi connectivity index (χ4n) is 2.72. The molecule has 0 aromatic heterocycles. The molecule has 146 valence electrons. The number of hydrogen-bond acceptors (Lipinski definition) is 4. The van der Waals surface area contributed by atoms with Gasteiger partial charge in [-0.1, -0.05) is 29.8 Å². The normalized spacial score (nSPS) is 11.1. The first-order valence-electron chi connectivity index (χ1n) is 8.90. The second-order valence-electron chi connectivity index (χ2n) is 6.12. The largest absolute Gasteiger partial charge is 0.493 e. The number of guanidine groups is 1. The molecule has 2 aromatic carbocycles. The number of aliphatic imine (C=N–C) groups is 1. The maximum absolute atomic E-state index is 5.40. The average molecular weight is 371 g/mol. The van der Waals surface area contributed by atoms with E-state index >= 15 is 0 Å². The minimum atomic E-state index is 0.584. The van der Waals surface area contributed by atoms with Crippen LogP contribution < -0.4 is 24.8 Å². The SMILES string of the molecule is CN=C(NCCc1ccc(C)cc1)NCc1cc(OC)c(OC)c(OC)c1. The van der Waals surface area contributed by atoms with E-state index in [1.54, 1.807) is 28.4 Å². The summed E-state index contributed by atoms with van der Waals surface area (Å²) in [6, 6.07) is 12.4. The summed E-state index contributed by atoms with van der Waals surface area (Å²) in [5.74, 6) is 2.60. The number of hydrogen-bond donors (Lipinski definition) is 2. The first kappa shape index (κ1) is 20.4. The highest BCUT2D eigenvalue weighted by molar-refractivity contribution is 5.79. The average Bonchev–Trinajstić information content (AvgIpc) is 2.70. The molecule has 27 heavy (non-hydrogen) atoms. The van der Waals surface area contributed by atoms with Gasteiger partial charge < -0.3 is 24.8 Å². The summed E-state index contributed by atoms with van der Waals surface area (Å²) in [4.78, 5) is 4.27. The van der Waals surface area contributed by atoms with Gasteiger partial charge in [-0.05, 0) is 36.6 Å². The monoisotopic (exact) mass is 371 g/mol. The van der Waals surface area contributed by atoms with Gasteiger partial charge in [0.25, 0.3) is 0 Å². The standard InChI is InChI=1S/C21H29N3O3/c1-15-6-8-16(9-7-15)10-11-23-21(22-2)24-14-17-12-18(25-3)20(27-5)19(13-17)26-4/h6-9,12-13H,10-11,14H2,1-5H3,(H2,22,23,24). The maximum Gasteiger partial charge on any atom is 0.203 e. The van der Waals surface area contributed by atoms with Crippen molar-refractivity contribution in [3.8, 4) is 17.2 Å². The first-order valence-corrected chi connectivity index (χ1v) is 8.90. The minimum absolute atomic E-state index is 0.584. The van der Waals surface area contributed by atoms with E-state index in [4.69, 9.17) is 14.2 Å². The van der Waals surface area contributed by atoms with Gasteiger partial charge in [0.1, 0.15) is 0 Å². The van der Waals surface area contributed by atoms with Gasteiger partial charge in [0.2, 0.25) is 5.75 Å². The zero-order valence-corrected chi connectivity index (χ0v) is 16.8. The molecule has 0 bridgehead atoms. The Labute approximate surface area is 161 Å². The molecule has 0 aliphatic rings. The van der Waals surface area contributed by atoms with E-state index in [9.17, 15) is 0 Å². The van der Waals surface area contributed by atoms with Crippen molar-refractivity contribution in [2.45, 2.75) is 19.9 Å². The smallest absolute Gasteiger partial charge is 0.203 e. The summed E-state index contributed by atoms with van der Waals surface area (Å²) < 4.78 is 16.1. The Hall–Kier alpha value is -2.89. The van der Waals surface area contributed by atoms with Gasteiger partial charge >= 0.3 is 0 Å². The summed E-state index contributed by atoms with van der Waals surface area (Å²) in [7, 11) is 6.58. The Morgan fingerprint density at radius 1 is 0.889 bits per heavy atom. The Morgan fingerprint density at radius 2 is 1.52 bits per heavy atom. The summed E-state index contributed by atoms with van der Waals surface area (Å²) in [5.41, 5.74) is 3.58. The lowest BCUT2D eigenvalue weighted by Gasteiger charge is -2.16. The molecule has 0 aliphatic carbocycles. The highest BCUT2D eigenvalue weighted by Crippen LogP contribution is 2.38. The fraction of sp³-hybridized carbons (Fsp3) is 0.381. The molecule has 0 saturated heterocycles. The summed E-state index contributed by atoms with van der Waals surface area (Å²) in [6.45, 7) is 3.48. The van der Waals surface area contributed by atoms with E-state index in [1.165, 1.54) is 11.1 Å². The van der Waals surface area contributed by atoms with Crippen LogP contribution in [-0.2, 0) is 13.0 Å².